The Morgan fingerprint density at radius 1 is 1.57 bits per heavy atom. The van der Waals surface area contributed by atoms with Crippen LogP contribution in [0.2, 0.25) is 0 Å². The van der Waals surface area contributed by atoms with Gasteiger partial charge in [0.05, 0.1) is 11.5 Å². The molecular weight excluding hydrogens is 180 g/mol. The van der Waals surface area contributed by atoms with E-state index in [1.165, 1.54) is 0 Å². The largest absolute Gasteiger partial charge is 0.481 e. The van der Waals surface area contributed by atoms with Crippen LogP contribution in [0.15, 0.2) is 0 Å². The predicted octanol–water partition coefficient (Wildman–Crippen LogP) is 2.04. The summed E-state index contributed by atoms with van der Waals surface area (Å²) in [4.78, 5) is 11.1. The zero-order valence-electron chi connectivity index (χ0n) is 9.21. The van der Waals surface area contributed by atoms with E-state index in [-0.39, 0.29) is 5.41 Å². The molecule has 1 aliphatic carbocycles. The van der Waals surface area contributed by atoms with Crippen molar-refractivity contribution >= 4 is 5.97 Å². The van der Waals surface area contributed by atoms with Crippen molar-refractivity contribution in [1.29, 1.82) is 0 Å². The summed E-state index contributed by atoms with van der Waals surface area (Å²) in [6.45, 7) is 5.59. The second-order valence-corrected chi connectivity index (χ2v) is 4.89. The Morgan fingerprint density at radius 2 is 2.07 bits per heavy atom. The van der Waals surface area contributed by atoms with Crippen molar-refractivity contribution in [3.63, 3.8) is 0 Å². The van der Waals surface area contributed by atoms with Crippen molar-refractivity contribution < 1.29 is 15.0 Å². The van der Waals surface area contributed by atoms with Crippen molar-refractivity contribution in [3.8, 4) is 0 Å². The Balaban J connectivity index is 2.80. The SMILES string of the molecule is CCCC(C(=O)O)C(C)(O)C1(C)CC1. The Hall–Kier alpha value is -0.570. The second-order valence-electron chi connectivity index (χ2n) is 4.89. The molecular formula is C11H20O3. The highest BCUT2D eigenvalue weighted by molar-refractivity contribution is 5.71. The van der Waals surface area contributed by atoms with Gasteiger partial charge in [0.2, 0.25) is 0 Å². The van der Waals surface area contributed by atoms with Gasteiger partial charge < -0.3 is 10.2 Å². The van der Waals surface area contributed by atoms with Crippen molar-refractivity contribution in [2.24, 2.45) is 11.3 Å². The molecule has 0 bridgehead atoms. The van der Waals surface area contributed by atoms with Gasteiger partial charge in [0.15, 0.2) is 0 Å². The Morgan fingerprint density at radius 3 is 2.36 bits per heavy atom. The van der Waals surface area contributed by atoms with Crippen LogP contribution in [0.1, 0.15) is 46.5 Å². The van der Waals surface area contributed by atoms with Gasteiger partial charge in [-0.05, 0) is 31.6 Å². The van der Waals surface area contributed by atoms with Crippen molar-refractivity contribution in [3.05, 3.63) is 0 Å². The molecule has 14 heavy (non-hydrogen) atoms. The van der Waals surface area contributed by atoms with Gasteiger partial charge in [-0.2, -0.15) is 0 Å². The molecule has 0 heterocycles. The lowest BCUT2D eigenvalue weighted by atomic mass is 9.75. The average molecular weight is 200 g/mol. The number of carbonyl (C=O) groups is 1. The highest BCUT2D eigenvalue weighted by atomic mass is 16.4. The molecule has 0 saturated heterocycles. The summed E-state index contributed by atoms with van der Waals surface area (Å²) in [6, 6.07) is 0. The molecule has 1 saturated carbocycles. The van der Waals surface area contributed by atoms with Crippen LogP contribution in [0.5, 0.6) is 0 Å². The maximum Gasteiger partial charge on any atom is 0.309 e. The predicted molar refractivity (Wildman–Crippen MR) is 54.0 cm³/mol. The van der Waals surface area contributed by atoms with Crippen LogP contribution < -0.4 is 0 Å². The van der Waals surface area contributed by atoms with Crippen LogP contribution in [0, 0.1) is 11.3 Å². The highest BCUT2D eigenvalue weighted by Crippen LogP contribution is 2.56. The number of carboxylic acid groups (broad SMARTS) is 1. The van der Waals surface area contributed by atoms with E-state index in [0.717, 1.165) is 19.3 Å². The van der Waals surface area contributed by atoms with Crippen LogP contribution in [-0.4, -0.2) is 21.8 Å². The van der Waals surface area contributed by atoms with Gasteiger partial charge in [-0.1, -0.05) is 20.3 Å². The zero-order valence-corrected chi connectivity index (χ0v) is 9.21. The summed E-state index contributed by atoms with van der Waals surface area (Å²) in [5, 5.41) is 19.4. The minimum Gasteiger partial charge on any atom is -0.481 e. The number of aliphatic hydroxyl groups is 1. The Labute approximate surface area is 85.1 Å². The van der Waals surface area contributed by atoms with Gasteiger partial charge in [-0.3, -0.25) is 4.79 Å². The third-order valence-electron chi connectivity index (χ3n) is 3.78. The van der Waals surface area contributed by atoms with Crippen LogP contribution in [-0.2, 0) is 4.79 Å². The van der Waals surface area contributed by atoms with Crippen molar-refractivity contribution in [2.75, 3.05) is 0 Å². The smallest absolute Gasteiger partial charge is 0.309 e. The van der Waals surface area contributed by atoms with E-state index in [4.69, 9.17) is 5.11 Å². The first-order valence-corrected chi connectivity index (χ1v) is 5.30. The lowest BCUT2D eigenvalue weighted by Gasteiger charge is -2.36. The molecule has 0 spiro atoms. The quantitative estimate of drug-likeness (QED) is 0.714. The number of hydrogen-bond acceptors (Lipinski definition) is 2. The third kappa shape index (κ3) is 1.78. The molecule has 3 nitrogen and oxygen atoms in total. The molecule has 0 radical (unpaired) electrons. The molecule has 82 valence electrons. The molecule has 3 heteroatoms. The van der Waals surface area contributed by atoms with Gasteiger partial charge in [0.1, 0.15) is 0 Å². The van der Waals surface area contributed by atoms with E-state index in [2.05, 4.69) is 0 Å². The van der Waals surface area contributed by atoms with E-state index < -0.39 is 17.5 Å². The van der Waals surface area contributed by atoms with Gasteiger partial charge in [0, 0.05) is 0 Å². The third-order valence-corrected chi connectivity index (χ3v) is 3.78. The summed E-state index contributed by atoms with van der Waals surface area (Å²) < 4.78 is 0. The normalized spacial score (nSPS) is 25.1. The van der Waals surface area contributed by atoms with E-state index in [1.54, 1.807) is 6.92 Å². The first kappa shape index (κ1) is 11.5. The molecule has 1 fully saturated rings. The summed E-state index contributed by atoms with van der Waals surface area (Å²) >= 11 is 0. The first-order valence-electron chi connectivity index (χ1n) is 5.30. The molecule has 2 N–H and O–H groups in total. The molecule has 0 aromatic heterocycles. The molecule has 0 amide bonds. The standard InChI is InChI=1S/C11H20O3/c1-4-5-8(9(12)13)11(3,14)10(2)6-7-10/h8,14H,4-7H2,1-3H3,(H,12,13). The minimum atomic E-state index is -1.06. The first-order chi connectivity index (χ1) is 6.35. The monoisotopic (exact) mass is 200 g/mol. The number of rotatable bonds is 5. The molecule has 1 rings (SSSR count). The molecule has 0 aromatic rings. The fraction of sp³-hybridized carbons (Fsp3) is 0.909. The van der Waals surface area contributed by atoms with E-state index in [0.29, 0.717) is 6.42 Å². The number of carboxylic acids is 1. The van der Waals surface area contributed by atoms with Gasteiger partial charge in [0.25, 0.3) is 0 Å². The molecule has 2 unspecified atom stereocenters. The van der Waals surface area contributed by atoms with Crippen LogP contribution in [0.4, 0.5) is 0 Å². The van der Waals surface area contributed by atoms with Crippen molar-refractivity contribution in [1.82, 2.24) is 0 Å². The van der Waals surface area contributed by atoms with Crippen molar-refractivity contribution in [2.45, 2.75) is 52.1 Å². The molecule has 0 aliphatic heterocycles. The van der Waals surface area contributed by atoms with Crippen LogP contribution in [0.25, 0.3) is 0 Å². The lowest BCUT2D eigenvalue weighted by molar-refractivity contribution is -0.157. The van der Waals surface area contributed by atoms with Gasteiger partial charge >= 0.3 is 5.97 Å². The lowest BCUT2D eigenvalue weighted by Crippen LogP contribution is -2.46. The van der Waals surface area contributed by atoms with E-state index >= 15 is 0 Å². The van der Waals surface area contributed by atoms with Crippen LogP contribution in [0.3, 0.4) is 0 Å². The zero-order chi connectivity index (χ0) is 11.0. The summed E-state index contributed by atoms with van der Waals surface area (Å²) in [6.07, 6.45) is 3.22. The van der Waals surface area contributed by atoms with Gasteiger partial charge in [-0.25, -0.2) is 0 Å². The van der Waals surface area contributed by atoms with E-state index in [1.807, 2.05) is 13.8 Å². The maximum atomic E-state index is 11.1. The topological polar surface area (TPSA) is 57.5 Å². The summed E-state index contributed by atoms with van der Waals surface area (Å²) in [5.41, 5.74) is -1.24. The molecule has 0 aromatic carbocycles. The fourth-order valence-electron chi connectivity index (χ4n) is 2.05. The highest BCUT2D eigenvalue weighted by Gasteiger charge is 2.57. The number of hydrogen-bond donors (Lipinski definition) is 2. The fourth-order valence-corrected chi connectivity index (χ4v) is 2.05. The molecule has 2 atom stereocenters. The minimum absolute atomic E-state index is 0.175. The maximum absolute atomic E-state index is 11.1. The number of aliphatic carboxylic acids is 1. The van der Waals surface area contributed by atoms with Crippen LogP contribution >= 0.6 is 0 Å². The summed E-state index contributed by atoms with van der Waals surface area (Å²) in [7, 11) is 0. The van der Waals surface area contributed by atoms with E-state index in [9.17, 15) is 9.90 Å². The Bertz CT molecular complexity index is 229. The second kappa shape index (κ2) is 3.54. The summed E-state index contributed by atoms with van der Waals surface area (Å²) in [5.74, 6) is -1.50. The van der Waals surface area contributed by atoms with Gasteiger partial charge in [-0.15, -0.1) is 0 Å². The average Bonchev–Trinajstić information content (AvgIpc) is 2.80. The Kier molecular flexibility index (Phi) is 2.91. The molecule has 1 aliphatic rings.